The Kier molecular flexibility index (Phi) is 7.50. The van der Waals surface area contributed by atoms with E-state index in [0.29, 0.717) is 30.9 Å². The molecular formula is C25H29FN4O5. The number of ether oxygens (including phenoxy) is 2. The van der Waals surface area contributed by atoms with E-state index in [1.165, 1.54) is 25.0 Å². The van der Waals surface area contributed by atoms with Crippen LogP contribution in [-0.4, -0.2) is 63.3 Å². The smallest absolute Gasteiger partial charge is 0.414 e. The van der Waals surface area contributed by atoms with Gasteiger partial charge in [-0.25, -0.2) is 9.18 Å². The van der Waals surface area contributed by atoms with Gasteiger partial charge in [0.1, 0.15) is 11.9 Å². The Hall–Kier alpha value is -3.66. The molecule has 35 heavy (non-hydrogen) atoms. The topological polar surface area (TPSA) is 100 Å². The third-order valence-corrected chi connectivity index (χ3v) is 6.15. The summed E-state index contributed by atoms with van der Waals surface area (Å²) in [6.45, 7) is 2.84. The molecule has 2 aliphatic heterocycles. The van der Waals surface area contributed by atoms with Gasteiger partial charge >= 0.3 is 6.09 Å². The maximum atomic E-state index is 15.0. The molecule has 2 aromatic carbocycles. The Labute approximate surface area is 203 Å². The van der Waals surface area contributed by atoms with E-state index in [1.54, 1.807) is 12.1 Å². The van der Waals surface area contributed by atoms with Gasteiger partial charge in [0.05, 0.1) is 24.5 Å². The number of cyclic esters (lactones) is 1. The fourth-order valence-corrected chi connectivity index (χ4v) is 4.41. The molecule has 2 aromatic rings. The number of halogens is 1. The molecule has 2 aliphatic rings. The molecule has 9 nitrogen and oxygen atoms in total. The minimum Gasteiger partial charge on any atom is -0.442 e. The fourth-order valence-electron chi connectivity index (χ4n) is 4.41. The van der Waals surface area contributed by atoms with Crippen molar-refractivity contribution in [2.75, 3.05) is 43.1 Å². The van der Waals surface area contributed by atoms with E-state index in [9.17, 15) is 14.4 Å². The molecule has 2 heterocycles. The molecule has 2 unspecified atom stereocenters. The van der Waals surface area contributed by atoms with Gasteiger partial charge in [-0.2, -0.15) is 0 Å². The molecule has 3 amide bonds. The van der Waals surface area contributed by atoms with E-state index >= 15 is 4.39 Å². The number of nitrogens with zero attached hydrogens (tertiary/aromatic N) is 2. The van der Waals surface area contributed by atoms with Gasteiger partial charge < -0.3 is 25.0 Å². The first-order valence-electron chi connectivity index (χ1n) is 11.5. The molecule has 0 bridgehead atoms. The standard InChI is InChI=1S/C25H29FN4O5/c1-16(31)27-13-20-15-30(25(33)35-20)19-8-9-22(21(26)12-19)29-11-10-18(14-29)28-24(32)23(34-2)17-6-4-3-5-7-17/h3-9,12,18,20,23H,10-11,13-15H2,1-2H3,(H,27,31)(H,28,32)/t18?,20?,23-/m0/s1. The van der Waals surface area contributed by atoms with Crippen LogP contribution in [0.2, 0.25) is 0 Å². The van der Waals surface area contributed by atoms with Gasteiger partial charge in [0.15, 0.2) is 6.10 Å². The van der Waals surface area contributed by atoms with Crippen molar-refractivity contribution < 1.29 is 28.2 Å². The maximum Gasteiger partial charge on any atom is 0.414 e. The molecular weight excluding hydrogens is 455 g/mol. The summed E-state index contributed by atoms with van der Waals surface area (Å²) in [6.07, 6.45) is -1.12. The minimum absolute atomic E-state index is 0.147. The summed E-state index contributed by atoms with van der Waals surface area (Å²) in [5, 5.41) is 5.62. The first-order valence-corrected chi connectivity index (χ1v) is 11.5. The largest absolute Gasteiger partial charge is 0.442 e. The summed E-state index contributed by atoms with van der Waals surface area (Å²) in [5.41, 5.74) is 1.55. The number of hydrogen-bond donors (Lipinski definition) is 2. The number of rotatable bonds is 8. The zero-order chi connectivity index (χ0) is 24.9. The maximum absolute atomic E-state index is 15.0. The minimum atomic E-state index is -0.712. The molecule has 2 N–H and O–H groups in total. The van der Waals surface area contributed by atoms with Crippen LogP contribution in [-0.2, 0) is 19.1 Å². The monoisotopic (exact) mass is 484 g/mol. The highest BCUT2D eigenvalue weighted by atomic mass is 19.1. The van der Waals surface area contributed by atoms with Crippen LogP contribution >= 0.6 is 0 Å². The van der Waals surface area contributed by atoms with Gasteiger partial charge in [0, 0.05) is 33.2 Å². The van der Waals surface area contributed by atoms with E-state index in [4.69, 9.17) is 9.47 Å². The summed E-state index contributed by atoms with van der Waals surface area (Å²) in [6, 6.07) is 13.7. The lowest BCUT2D eigenvalue weighted by Crippen LogP contribution is -2.40. The van der Waals surface area contributed by atoms with Gasteiger partial charge in [0.2, 0.25) is 5.91 Å². The summed E-state index contributed by atoms with van der Waals surface area (Å²) in [5.74, 6) is -0.915. The predicted molar refractivity (Wildman–Crippen MR) is 128 cm³/mol. The van der Waals surface area contributed by atoms with Crippen molar-refractivity contribution in [3.05, 3.63) is 59.9 Å². The van der Waals surface area contributed by atoms with Gasteiger partial charge in [0.25, 0.3) is 5.91 Å². The van der Waals surface area contributed by atoms with Crippen molar-refractivity contribution in [3.63, 3.8) is 0 Å². The normalized spacial score (nSPS) is 20.5. The van der Waals surface area contributed by atoms with Crippen molar-refractivity contribution in [1.29, 1.82) is 0 Å². The first kappa shape index (κ1) is 24.5. The molecule has 0 radical (unpaired) electrons. The van der Waals surface area contributed by atoms with E-state index in [0.717, 1.165) is 5.56 Å². The van der Waals surface area contributed by atoms with E-state index in [2.05, 4.69) is 10.6 Å². The highest BCUT2D eigenvalue weighted by Gasteiger charge is 2.34. The van der Waals surface area contributed by atoms with Gasteiger partial charge in [-0.15, -0.1) is 0 Å². The highest BCUT2D eigenvalue weighted by molar-refractivity contribution is 5.90. The number of carbonyl (C=O) groups is 3. The Morgan fingerprint density at radius 3 is 2.66 bits per heavy atom. The molecule has 0 aliphatic carbocycles. The lowest BCUT2D eigenvalue weighted by atomic mass is 10.1. The SMILES string of the molecule is CO[C@H](C(=O)NC1CCN(c2ccc(N3CC(CNC(C)=O)OC3=O)cc2F)C1)c1ccccc1. The number of amides is 3. The van der Waals surface area contributed by atoms with E-state index < -0.39 is 24.1 Å². The Balaban J connectivity index is 1.36. The Morgan fingerprint density at radius 1 is 1.20 bits per heavy atom. The number of nitrogens with one attached hydrogen (secondary N) is 2. The molecule has 4 rings (SSSR count). The van der Waals surface area contributed by atoms with Gasteiger partial charge in [-0.05, 0) is 30.2 Å². The van der Waals surface area contributed by atoms with Crippen molar-refractivity contribution in [2.24, 2.45) is 0 Å². The zero-order valence-electron chi connectivity index (χ0n) is 19.7. The van der Waals surface area contributed by atoms with Crippen molar-refractivity contribution in [3.8, 4) is 0 Å². The quantitative estimate of drug-likeness (QED) is 0.597. The second-order valence-electron chi connectivity index (χ2n) is 8.66. The number of methoxy groups -OCH3 is 1. The summed E-state index contributed by atoms with van der Waals surface area (Å²) >= 11 is 0. The fraction of sp³-hybridized carbons (Fsp3) is 0.400. The van der Waals surface area contributed by atoms with Crippen LogP contribution in [0.4, 0.5) is 20.6 Å². The van der Waals surface area contributed by atoms with Crippen LogP contribution in [0.1, 0.15) is 25.0 Å². The third kappa shape index (κ3) is 5.71. The summed E-state index contributed by atoms with van der Waals surface area (Å²) in [7, 11) is 1.49. The van der Waals surface area contributed by atoms with Crippen LogP contribution in [0.5, 0.6) is 0 Å². The van der Waals surface area contributed by atoms with Crippen LogP contribution < -0.4 is 20.4 Å². The number of hydrogen-bond acceptors (Lipinski definition) is 6. The Morgan fingerprint density at radius 2 is 1.97 bits per heavy atom. The lowest BCUT2D eigenvalue weighted by molar-refractivity contribution is -0.132. The molecule has 2 saturated heterocycles. The van der Waals surface area contributed by atoms with Gasteiger partial charge in [-0.3, -0.25) is 14.5 Å². The molecule has 0 spiro atoms. The van der Waals surface area contributed by atoms with Gasteiger partial charge in [-0.1, -0.05) is 30.3 Å². The molecule has 2 fully saturated rings. The van der Waals surface area contributed by atoms with Crippen molar-refractivity contribution in [2.45, 2.75) is 31.6 Å². The first-order chi connectivity index (χ1) is 16.9. The highest BCUT2D eigenvalue weighted by Crippen LogP contribution is 2.30. The Bertz CT molecular complexity index is 1080. The molecule has 3 atom stereocenters. The second kappa shape index (κ2) is 10.7. The number of anilines is 2. The summed E-state index contributed by atoms with van der Waals surface area (Å²) in [4.78, 5) is 39.3. The second-order valence-corrected chi connectivity index (χ2v) is 8.66. The van der Waals surface area contributed by atoms with Crippen LogP contribution in [0, 0.1) is 5.82 Å². The molecule has 0 saturated carbocycles. The lowest BCUT2D eigenvalue weighted by Gasteiger charge is -2.22. The number of benzene rings is 2. The average Bonchev–Trinajstić information content (AvgIpc) is 3.45. The molecule has 10 heteroatoms. The van der Waals surface area contributed by atoms with Crippen molar-refractivity contribution in [1.82, 2.24) is 10.6 Å². The third-order valence-electron chi connectivity index (χ3n) is 6.15. The van der Waals surface area contributed by atoms with Crippen LogP contribution in [0.3, 0.4) is 0 Å². The van der Waals surface area contributed by atoms with E-state index in [1.807, 2.05) is 35.2 Å². The molecule has 0 aromatic heterocycles. The van der Waals surface area contributed by atoms with Crippen molar-refractivity contribution >= 4 is 29.3 Å². The van der Waals surface area contributed by atoms with Crippen LogP contribution in [0.25, 0.3) is 0 Å². The predicted octanol–water partition coefficient (Wildman–Crippen LogP) is 2.37. The van der Waals surface area contributed by atoms with E-state index in [-0.39, 0.29) is 30.9 Å². The average molecular weight is 485 g/mol. The number of carbonyl (C=O) groups excluding carboxylic acids is 3. The van der Waals surface area contributed by atoms with Crippen LogP contribution in [0.15, 0.2) is 48.5 Å². The molecule has 186 valence electrons. The zero-order valence-corrected chi connectivity index (χ0v) is 19.7. The summed E-state index contributed by atoms with van der Waals surface area (Å²) < 4.78 is 25.7.